The number of carbonyl (C=O) groups is 3. The van der Waals surface area contributed by atoms with Gasteiger partial charge in [-0.3, -0.25) is 14.4 Å². The van der Waals surface area contributed by atoms with Crippen LogP contribution in [0.25, 0.3) is 0 Å². The monoisotopic (exact) mass is 237 g/mol. The van der Waals surface area contributed by atoms with Crippen molar-refractivity contribution >= 4 is 17.8 Å². The molecular weight excluding hydrogens is 226 g/mol. The second kappa shape index (κ2) is 3.40. The van der Waals surface area contributed by atoms with Crippen molar-refractivity contribution in [3.8, 4) is 0 Å². The number of rotatable bonds is 3. The van der Waals surface area contributed by atoms with Crippen molar-refractivity contribution in [1.29, 1.82) is 0 Å². The van der Waals surface area contributed by atoms with E-state index in [9.17, 15) is 14.4 Å². The number of imide groups is 1. The van der Waals surface area contributed by atoms with Crippen molar-refractivity contribution in [3.05, 3.63) is 12.2 Å². The fourth-order valence-corrected chi connectivity index (χ4v) is 3.12. The third kappa shape index (κ3) is 1.33. The van der Waals surface area contributed by atoms with Gasteiger partial charge < -0.3 is 5.11 Å². The summed E-state index contributed by atoms with van der Waals surface area (Å²) < 4.78 is 0. The van der Waals surface area contributed by atoms with Crippen LogP contribution in [-0.2, 0) is 19.2 Å². The first kappa shape index (κ1) is 10.5. The summed E-state index contributed by atoms with van der Waals surface area (Å²) >= 11 is 0. The Bertz CT molecular complexity index is 413. The first-order chi connectivity index (χ1) is 8.09. The molecule has 0 aromatic heterocycles. The van der Waals surface area contributed by atoms with Crippen molar-refractivity contribution < 1.29 is 24.3 Å². The molecule has 1 N–H and O–H groups in total. The molecule has 2 bridgehead atoms. The van der Waals surface area contributed by atoms with Crippen molar-refractivity contribution in [3.63, 3.8) is 0 Å². The number of nitrogens with zero attached hydrogens (tertiary/aromatic N) is 1. The number of carboxylic acids is 1. The first-order valence-corrected chi connectivity index (χ1v) is 5.50. The van der Waals surface area contributed by atoms with Gasteiger partial charge >= 0.3 is 5.97 Å². The van der Waals surface area contributed by atoms with E-state index in [0.717, 1.165) is 6.42 Å². The minimum absolute atomic E-state index is 0.111. The molecule has 0 radical (unpaired) electrons. The van der Waals surface area contributed by atoms with Crippen LogP contribution in [0.15, 0.2) is 12.2 Å². The van der Waals surface area contributed by atoms with E-state index in [2.05, 4.69) is 0 Å². The Labute approximate surface area is 96.8 Å². The second-order valence-electron chi connectivity index (χ2n) is 4.64. The number of aliphatic carboxylic acids is 1. The summed E-state index contributed by atoms with van der Waals surface area (Å²) in [7, 11) is 0. The molecule has 3 aliphatic rings. The zero-order valence-corrected chi connectivity index (χ0v) is 8.91. The van der Waals surface area contributed by atoms with Gasteiger partial charge in [0.1, 0.15) is 0 Å². The van der Waals surface area contributed by atoms with Gasteiger partial charge in [0.15, 0.2) is 6.61 Å². The predicted octanol–water partition coefficient (Wildman–Crippen LogP) is -0.190. The van der Waals surface area contributed by atoms with Crippen LogP contribution in [0.2, 0.25) is 0 Å². The van der Waals surface area contributed by atoms with Crippen molar-refractivity contribution in [2.24, 2.45) is 23.7 Å². The van der Waals surface area contributed by atoms with Crippen molar-refractivity contribution in [1.82, 2.24) is 5.06 Å². The Morgan fingerprint density at radius 3 is 2.29 bits per heavy atom. The molecule has 2 fully saturated rings. The maximum Gasteiger partial charge on any atom is 0.332 e. The lowest BCUT2D eigenvalue weighted by Gasteiger charge is -2.14. The molecule has 1 aliphatic heterocycles. The molecule has 6 heteroatoms. The Hall–Kier alpha value is -1.69. The van der Waals surface area contributed by atoms with Gasteiger partial charge in [-0.2, -0.15) is 5.06 Å². The van der Waals surface area contributed by atoms with Gasteiger partial charge in [0, 0.05) is 0 Å². The highest BCUT2D eigenvalue weighted by Gasteiger charge is 2.60. The largest absolute Gasteiger partial charge is 0.479 e. The number of hydrogen-bond acceptors (Lipinski definition) is 4. The zero-order chi connectivity index (χ0) is 12.2. The van der Waals surface area contributed by atoms with Crippen LogP contribution in [0.1, 0.15) is 6.42 Å². The van der Waals surface area contributed by atoms with E-state index < -0.39 is 24.4 Å². The van der Waals surface area contributed by atoms with Gasteiger partial charge in [-0.25, -0.2) is 4.79 Å². The molecule has 0 aromatic rings. The fraction of sp³-hybridized carbons (Fsp3) is 0.545. The minimum Gasteiger partial charge on any atom is -0.479 e. The molecule has 1 heterocycles. The smallest absolute Gasteiger partial charge is 0.332 e. The topological polar surface area (TPSA) is 83.9 Å². The Balaban J connectivity index is 1.80. The summed E-state index contributed by atoms with van der Waals surface area (Å²) in [4.78, 5) is 39.0. The summed E-state index contributed by atoms with van der Waals surface area (Å²) in [5, 5.41) is 9.13. The Morgan fingerprint density at radius 2 is 1.82 bits per heavy atom. The van der Waals surface area contributed by atoms with E-state index in [1.165, 1.54) is 0 Å². The fourth-order valence-electron chi connectivity index (χ4n) is 3.12. The third-order valence-electron chi connectivity index (χ3n) is 3.75. The van der Waals surface area contributed by atoms with Crippen LogP contribution in [0.3, 0.4) is 0 Å². The molecular formula is C11H11NO5. The molecule has 6 nitrogen and oxygen atoms in total. The molecule has 4 atom stereocenters. The van der Waals surface area contributed by atoms with Gasteiger partial charge in [0.05, 0.1) is 11.8 Å². The number of hydrogen-bond donors (Lipinski definition) is 1. The maximum absolute atomic E-state index is 12.0. The number of hydroxylamine groups is 2. The molecule has 1 saturated carbocycles. The number of carboxylic acid groups (broad SMARTS) is 1. The number of fused-ring (bicyclic) bond motifs is 5. The molecule has 1 saturated heterocycles. The van der Waals surface area contributed by atoms with Gasteiger partial charge in [-0.15, -0.1) is 0 Å². The highest BCUT2D eigenvalue weighted by Crippen LogP contribution is 2.52. The van der Waals surface area contributed by atoms with Gasteiger partial charge in [0.2, 0.25) is 0 Å². The number of amides is 2. The minimum atomic E-state index is -1.20. The Morgan fingerprint density at radius 1 is 1.29 bits per heavy atom. The molecule has 0 unspecified atom stereocenters. The van der Waals surface area contributed by atoms with E-state index in [0.29, 0.717) is 5.06 Å². The zero-order valence-electron chi connectivity index (χ0n) is 8.91. The van der Waals surface area contributed by atoms with Gasteiger partial charge in [-0.05, 0) is 18.3 Å². The number of carbonyl (C=O) groups excluding carboxylic acids is 2. The molecule has 90 valence electrons. The maximum atomic E-state index is 12.0. The summed E-state index contributed by atoms with van der Waals surface area (Å²) in [6.07, 6.45) is 4.79. The second-order valence-corrected chi connectivity index (χ2v) is 4.64. The van der Waals surface area contributed by atoms with E-state index >= 15 is 0 Å². The molecule has 0 aromatic carbocycles. The Kier molecular flexibility index (Phi) is 2.09. The third-order valence-corrected chi connectivity index (χ3v) is 3.75. The van der Waals surface area contributed by atoms with Crippen LogP contribution < -0.4 is 0 Å². The first-order valence-electron chi connectivity index (χ1n) is 5.50. The van der Waals surface area contributed by atoms with Crippen molar-refractivity contribution in [2.45, 2.75) is 6.42 Å². The molecule has 3 rings (SSSR count). The van der Waals surface area contributed by atoms with E-state index in [1.54, 1.807) is 0 Å². The average molecular weight is 237 g/mol. The lowest BCUT2D eigenvalue weighted by Crippen LogP contribution is -2.34. The van der Waals surface area contributed by atoms with Crippen molar-refractivity contribution in [2.75, 3.05) is 6.61 Å². The molecule has 0 spiro atoms. The van der Waals surface area contributed by atoms with Crippen LogP contribution in [0, 0.1) is 23.7 Å². The number of allylic oxidation sites excluding steroid dienone is 2. The lowest BCUT2D eigenvalue weighted by molar-refractivity contribution is -0.194. The van der Waals surface area contributed by atoms with Gasteiger partial charge in [0.25, 0.3) is 11.8 Å². The van der Waals surface area contributed by atoms with Crippen LogP contribution in [0.4, 0.5) is 0 Å². The SMILES string of the molecule is O=C(O)CON1C(=O)[C@H]2[C@H](C1=O)[C@H]1C=C[C@@H]2C1. The summed E-state index contributed by atoms with van der Waals surface area (Å²) in [6.45, 7) is -0.667. The van der Waals surface area contributed by atoms with E-state index in [1.807, 2.05) is 12.2 Å². The highest BCUT2D eigenvalue weighted by molar-refractivity contribution is 6.05. The van der Waals surface area contributed by atoms with E-state index in [-0.39, 0.29) is 23.7 Å². The van der Waals surface area contributed by atoms with Crippen LogP contribution in [0.5, 0.6) is 0 Å². The standard InChI is InChI=1S/C11H11NO5/c13-7(14)4-17-12-10(15)8-5-1-2-6(3-5)9(8)11(12)16/h1-2,5-6,8-9H,3-4H2,(H,13,14)/t5-,6+,8-,9-/m1/s1. The van der Waals surface area contributed by atoms with Crippen LogP contribution >= 0.6 is 0 Å². The predicted molar refractivity (Wildman–Crippen MR) is 53.2 cm³/mol. The summed E-state index contributed by atoms with van der Waals surface area (Å²) in [5.74, 6) is -2.45. The molecule has 2 amide bonds. The van der Waals surface area contributed by atoms with Crippen LogP contribution in [-0.4, -0.2) is 34.6 Å². The molecule has 17 heavy (non-hydrogen) atoms. The molecule has 2 aliphatic carbocycles. The summed E-state index contributed by atoms with van der Waals surface area (Å²) in [6, 6.07) is 0. The normalized spacial score (nSPS) is 38.0. The summed E-state index contributed by atoms with van der Waals surface area (Å²) in [5.41, 5.74) is 0. The van der Waals surface area contributed by atoms with Gasteiger partial charge in [-0.1, -0.05) is 12.2 Å². The quantitative estimate of drug-likeness (QED) is 0.543. The van der Waals surface area contributed by atoms with E-state index in [4.69, 9.17) is 9.94 Å². The lowest BCUT2D eigenvalue weighted by atomic mass is 9.85. The average Bonchev–Trinajstić information content (AvgIpc) is 2.92. The highest BCUT2D eigenvalue weighted by atomic mass is 16.7.